The van der Waals surface area contributed by atoms with Gasteiger partial charge >= 0.3 is 5.76 Å². The van der Waals surface area contributed by atoms with Gasteiger partial charge in [-0.15, -0.1) is 0 Å². The molecule has 2 aromatic rings. The summed E-state index contributed by atoms with van der Waals surface area (Å²) < 4.78 is 48.6. The SMILES string of the molecule is O=S(=O)(c1ccccc1NCCCc1ccccc1)C(F)F. The summed E-state index contributed by atoms with van der Waals surface area (Å²) in [5.41, 5.74) is 1.40. The zero-order valence-corrected chi connectivity index (χ0v) is 12.7. The molecule has 0 atom stereocenters. The van der Waals surface area contributed by atoms with E-state index in [9.17, 15) is 17.2 Å². The third kappa shape index (κ3) is 4.04. The van der Waals surface area contributed by atoms with Crippen LogP contribution in [0.3, 0.4) is 0 Å². The average Bonchev–Trinajstić information content (AvgIpc) is 2.53. The molecule has 22 heavy (non-hydrogen) atoms. The van der Waals surface area contributed by atoms with Crippen LogP contribution >= 0.6 is 0 Å². The van der Waals surface area contributed by atoms with Gasteiger partial charge in [-0.25, -0.2) is 8.42 Å². The van der Waals surface area contributed by atoms with Gasteiger partial charge in [0.2, 0.25) is 9.84 Å². The fourth-order valence-electron chi connectivity index (χ4n) is 2.12. The first-order chi connectivity index (χ1) is 10.5. The Morgan fingerprint density at radius 1 is 0.955 bits per heavy atom. The molecule has 0 fully saturated rings. The lowest BCUT2D eigenvalue weighted by Crippen LogP contribution is -2.14. The van der Waals surface area contributed by atoms with Crippen molar-refractivity contribution in [3.63, 3.8) is 0 Å². The Balaban J connectivity index is 1.99. The number of aryl methyl sites for hydroxylation is 1. The molecule has 2 rings (SSSR count). The quantitative estimate of drug-likeness (QED) is 0.789. The maximum absolute atomic E-state index is 12.7. The minimum atomic E-state index is -4.59. The molecule has 0 aromatic heterocycles. The lowest BCUT2D eigenvalue weighted by atomic mass is 10.1. The summed E-state index contributed by atoms with van der Waals surface area (Å²) in [6, 6.07) is 15.6. The van der Waals surface area contributed by atoms with Crippen molar-refractivity contribution in [3.05, 3.63) is 60.2 Å². The highest BCUT2D eigenvalue weighted by Crippen LogP contribution is 2.26. The predicted molar refractivity (Wildman–Crippen MR) is 82.9 cm³/mol. The molecule has 0 saturated carbocycles. The normalized spacial score (nSPS) is 11.6. The Morgan fingerprint density at radius 3 is 2.27 bits per heavy atom. The topological polar surface area (TPSA) is 46.2 Å². The smallest absolute Gasteiger partial charge is 0.341 e. The summed E-state index contributed by atoms with van der Waals surface area (Å²) in [7, 11) is -4.59. The van der Waals surface area contributed by atoms with Crippen molar-refractivity contribution in [2.75, 3.05) is 11.9 Å². The number of sulfone groups is 1. The zero-order valence-electron chi connectivity index (χ0n) is 11.9. The van der Waals surface area contributed by atoms with E-state index in [4.69, 9.17) is 0 Å². The summed E-state index contributed by atoms with van der Waals surface area (Å²) in [5.74, 6) is -3.42. The van der Waals surface area contributed by atoms with Gasteiger partial charge in [0.05, 0.1) is 10.6 Å². The number of nitrogens with one attached hydrogen (secondary N) is 1. The Morgan fingerprint density at radius 2 is 1.59 bits per heavy atom. The van der Waals surface area contributed by atoms with Crippen LogP contribution in [0.15, 0.2) is 59.5 Å². The van der Waals surface area contributed by atoms with E-state index in [0.29, 0.717) is 6.54 Å². The molecule has 0 amide bonds. The highest BCUT2D eigenvalue weighted by atomic mass is 32.2. The minimum Gasteiger partial charge on any atom is -0.384 e. The van der Waals surface area contributed by atoms with Gasteiger partial charge in [0.25, 0.3) is 0 Å². The maximum Gasteiger partial charge on any atom is 0.341 e. The third-order valence-electron chi connectivity index (χ3n) is 3.23. The number of para-hydroxylation sites is 1. The molecule has 0 radical (unpaired) electrons. The zero-order chi connectivity index (χ0) is 16.0. The molecule has 0 saturated heterocycles. The third-order valence-corrected chi connectivity index (χ3v) is 4.67. The monoisotopic (exact) mass is 325 g/mol. The molecular formula is C16H17F2NO2S. The van der Waals surface area contributed by atoms with E-state index in [1.54, 1.807) is 6.07 Å². The number of rotatable bonds is 7. The van der Waals surface area contributed by atoms with Crippen LogP contribution in [0.2, 0.25) is 0 Å². The van der Waals surface area contributed by atoms with Crippen LogP contribution in [-0.4, -0.2) is 20.7 Å². The highest BCUT2D eigenvalue weighted by molar-refractivity contribution is 7.91. The van der Waals surface area contributed by atoms with Gasteiger partial charge in [0.1, 0.15) is 0 Å². The van der Waals surface area contributed by atoms with Crippen LogP contribution in [0.1, 0.15) is 12.0 Å². The van der Waals surface area contributed by atoms with Crippen LogP contribution in [0, 0.1) is 0 Å². The molecule has 0 aliphatic rings. The molecule has 2 aromatic carbocycles. The minimum absolute atomic E-state index is 0.218. The molecule has 0 unspecified atom stereocenters. The van der Waals surface area contributed by atoms with E-state index in [0.717, 1.165) is 12.8 Å². The first-order valence-electron chi connectivity index (χ1n) is 6.90. The molecule has 0 aliphatic carbocycles. The molecule has 3 nitrogen and oxygen atoms in total. The van der Waals surface area contributed by atoms with Crippen LogP contribution in [-0.2, 0) is 16.3 Å². The van der Waals surface area contributed by atoms with Gasteiger partial charge < -0.3 is 5.32 Å². The lowest BCUT2D eigenvalue weighted by Gasteiger charge is -2.12. The van der Waals surface area contributed by atoms with E-state index in [1.165, 1.54) is 23.8 Å². The Kier molecular flexibility index (Phi) is 5.49. The van der Waals surface area contributed by atoms with Gasteiger partial charge in [-0.3, -0.25) is 0 Å². The van der Waals surface area contributed by atoms with E-state index in [2.05, 4.69) is 5.32 Å². The lowest BCUT2D eigenvalue weighted by molar-refractivity contribution is 0.235. The molecular weight excluding hydrogens is 308 g/mol. The van der Waals surface area contributed by atoms with Crippen LogP contribution in [0.4, 0.5) is 14.5 Å². The van der Waals surface area contributed by atoms with Crippen molar-refractivity contribution in [1.29, 1.82) is 0 Å². The van der Waals surface area contributed by atoms with Crippen molar-refractivity contribution in [3.8, 4) is 0 Å². The number of alkyl halides is 2. The molecule has 118 valence electrons. The number of halogens is 2. The Bertz CT molecular complexity index is 703. The first-order valence-corrected chi connectivity index (χ1v) is 8.45. The largest absolute Gasteiger partial charge is 0.384 e. The second-order valence-corrected chi connectivity index (χ2v) is 6.70. The molecule has 0 bridgehead atoms. The van der Waals surface area contributed by atoms with Gasteiger partial charge in [-0.2, -0.15) is 8.78 Å². The highest BCUT2D eigenvalue weighted by Gasteiger charge is 2.28. The predicted octanol–water partition coefficient (Wildman–Crippen LogP) is 3.73. The summed E-state index contributed by atoms with van der Waals surface area (Å²) >= 11 is 0. The van der Waals surface area contributed by atoms with E-state index < -0.39 is 15.6 Å². The first kappa shape index (κ1) is 16.4. The molecule has 6 heteroatoms. The Hall–Kier alpha value is -1.95. The summed E-state index contributed by atoms with van der Waals surface area (Å²) in [5, 5.41) is 2.93. The van der Waals surface area contributed by atoms with Crippen LogP contribution in [0.5, 0.6) is 0 Å². The fourth-order valence-corrected chi connectivity index (χ4v) is 3.02. The van der Waals surface area contributed by atoms with E-state index in [-0.39, 0.29) is 10.6 Å². The second kappa shape index (κ2) is 7.35. The molecule has 0 spiro atoms. The second-order valence-electron chi connectivity index (χ2n) is 4.82. The number of hydrogen-bond acceptors (Lipinski definition) is 3. The Labute approximate surface area is 128 Å². The van der Waals surface area contributed by atoms with Gasteiger partial charge in [-0.05, 0) is 30.5 Å². The number of benzene rings is 2. The summed E-state index contributed by atoms with van der Waals surface area (Å²) in [6.07, 6.45) is 1.60. The van der Waals surface area contributed by atoms with Crippen molar-refractivity contribution in [1.82, 2.24) is 0 Å². The van der Waals surface area contributed by atoms with Gasteiger partial charge in [0, 0.05) is 6.54 Å². The van der Waals surface area contributed by atoms with Crippen molar-refractivity contribution in [2.45, 2.75) is 23.5 Å². The van der Waals surface area contributed by atoms with Gasteiger partial charge in [0.15, 0.2) is 0 Å². The van der Waals surface area contributed by atoms with E-state index >= 15 is 0 Å². The molecule has 1 N–H and O–H groups in total. The molecule has 0 aliphatic heterocycles. The maximum atomic E-state index is 12.7. The number of anilines is 1. The van der Waals surface area contributed by atoms with Gasteiger partial charge in [-0.1, -0.05) is 42.5 Å². The van der Waals surface area contributed by atoms with Crippen molar-refractivity contribution < 1.29 is 17.2 Å². The average molecular weight is 325 g/mol. The van der Waals surface area contributed by atoms with Crippen LogP contribution < -0.4 is 5.32 Å². The standard InChI is InChI=1S/C16H17F2NO2S/c17-16(18)22(20,21)15-11-5-4-10-14(15)19-12-6-9-13-7-2-1-3-8-13/h1-5,7-8,10-11,16,19H,6,9,12H2. The van der Waals surface area contributed by atoms with Crippen molar-refractivity contribution >= 4 is 15.5 Å². The summed E-state index contributed by atoms with van der Waals surface area (Å²) in [4.78, 5) is -0.357. The van der Waals surface area contributed by atoms with E-state index in [1.807, 2.05) is 30.3 Å². The van der Waals surface area contributed by atoms with Crippen molar-refractivity contribution in [2.24, 2.45) is 0 Å². The number of hydrogen-bond donors (Lipinski definition) is 1. The fraction of sp³-hybridized carbons (Fsp3) is 0.250. The molecule has 0 heterocycles. The summed E-state index contributed by atoms with van der Waals surface area (Å²) in [6.45, 7) is 0.505. The van der Waals surface area contributed by atoms with Crippen LogP contribution in [0.25, 0.3) is 0 Å².